The van der Waals surface area contributed by atoms with Gasteiger partial charge in [0.25, 0.3) is 5.69 Å². The molecule has 1 aliphatic heterocycles. The van der Waals surface area contributed by atoms with Gasteiger partial charge in [0.05, 0.1) is 4.92 Å². The van der Waals surface area contributed by atoms with Crippen LogP contribution in [0.3, 0.4) is 0 Å². The van der Waals surface area contributed by atoms with Crippen molar-refractivity contribution in [2.45, 2.75) is 12.8 Å². The lowest BCUT2D eigenvalue weighted by molar-refractivity contribution is -0.384. The van der Waals surface area contributed by atoms with Crippen LogP contribution in [-0.2, 0) is 4.79 Å². The Kier molecular flexibility index (Phi) is 4.74. The maximum absolute atomic E-state index is 12.4. The third kappa shape index (κ3) is 3.71. The number of nitro benzene ring substituents is 1. The predicted molar refractivity (Wildman–Crippen MR) is 93.1 cm³/mol. The molecule has 0 unspecified atom stereocenters. The van der Waals surface area contributed by atoms with Crippen molar-refractivity contribution in [3.63, 3.8) is 0 Å². The van der Waals surface area contributed by atoms with Crippen molar-refractivity contribution >= 4 is 23.0 Å². The van der Waals surface area contributed by atoms with Crippen molar-refractivity contribution in [1.29, 1.82) is 0 Å². The molecular weight excluding hydrogens is 306 g/mol. The molecule has 1 N–H and O–H groups in total. The van der Waals surface area contributed by atoms with E-state index in [0.717, 1.165) is 25.9 Å². The van der Waals surface area contributed by atoms with Crippen LogP contribution in [0.1, 0.15) is 12.8 Å². The van der Waals surface area contributed by atoms with Gasteiger partial charge in [0.2, 0.25) is 5.91 Å². The highest BCUT2D eigenvalue weighted by Gasteiger charge is 2.25. The maximum atomic E-state index is 12.4. The Hall–Kier alpha value is -2.89. The molecule has 0 bridgehead atoms. The quantitative estimate of drug-likeness (QED) is 0.690. The number of benzene rings is 2. The van der Waals surface area contributed by atoms with Crippen molar-refractivity contribution in [3.8, 4) is 0 Å². The third-order valence-electron chi connectivity index (χ3n) is 4.31. The molecule has 0 saturated carbocycles. The molecule has 1 amide bonds. The second-order valence-corrected chi connectivity index (χ2v) is 5.89. The van der Waals surface area contributed by atoms with E-state index >= 15 is 0 Å². The molecule has 1 heterocycles. The molecule has 2 aromatic rings. The predicted octanol–water partition coefficient (Wildman–Crippen LogP) is 3.45. The number of amides is 1. The first-order valence-corrected chi connectivity index (χ1v) is 7.99. The highest BCUT2D eigenvalue weighted by Crippen LogP contribution is 2.25. The van der Waals surface area contributed by atoms with Crippen molar-refractivity contribution in [3.05, 3.63) is 64.7 Å². The topological polar surface area (TPSA) is 75.5 Å². The number of hydrogen-bond donors (Lipinski definition) is 1. The Morgan fingerprint density at radius 3 is 2.46 bits per heavy atom. The van der Waals surface area contributed by atoms with Gasteiger partial charge in [0.1, 0.15) is 0 Å². The molecule has 3 rings (SSSR count). The summed E-state index contributed by atoms with van der Waals surface area (Å²) in [6.07, 6.45) is 1.55. The monoisotopic (exact) mass is 325 g/mol. The summed E-state index contributed by atoms with van der Waals surface area (Å²) in [6.45, 7) is 1.66. The first-order valence-electron chi connectivity index (χ1n) is 7.99. The molecule has 0 atom stereocenters. The van der Waals surface area contributed by atoms with Gasteiger partial charge in [-0.25, -0.2) is 0 Å². The number of rotatable bonds is 4. The number of non-ortho nitro benzene ring substituents is 1. The van der Waals surface area contributed by atoms with Gasteiger partial charge < -0.3 is 10.2 Å². The van der Waals surface area contributed by atoms with E-state index in [1.165, 1.54) is 17.8 Å². The molecule has 1 aliphatic rings. The minimum Gasteiger partial charge on any atom is -0.371 e. The van der Waals surface area contributed by atoms with Gasteiger partial charge in [-0.05, 0) is 31.0 Å². The van der Waals surface area contributed by atoms with E-state index in [1.54, 1.807) is 12.1 Å². The van der Waals surface area contributed by atoms with Crippen LogP contribution in [0.25, 0.3) is 0 Å². The first kappa shape index (κ1) is 16.0. The summed E-state index contributed by atoms with van der Waals surface area (Å²) < 4.78 is 0. The Balaban J connectivity index is 1.57. The highest BCUT2D eigenvalue weighted by molar-refractivity contribution is 5.93. The zero-order valence-corrected chi connectivity index (χ0v) is 13.2. The van der Waals surface area contributed by atoms with E-state index in [1.807, 2.05) is 18.2 Å². The van der Waals surface area contributed by atoms with Crippen molar-refractivity contribution < 1.29 is 9.72 Å². The minimum atomic E-state index is -0.464. The molecule has 124 valence electrons. The zero-order chi connectivity index (χ0) is 16.9. The zero-order valence-electron chi connectivity index (χ0n) is 13.2. The fourth-order valence-corrected chi connectivity index (χ4v) is 2.98. The van der Waals surface area contributed by atoms with Crippen molar-refractivity contribution in [2.75, 3.05) is 23.3 Å². The molecule has 24 heavy (non-hydrogen) atoms. The number of piperidine rings is 1. The van der Waals surface area contributed by atoms with E-state index in [0.29, 0.717) is 5.69 Å². The Morgan fingerprint density at radius 1 is 1.08 bits per heavy atom. The van der Waals surface area contributed by atoms with E-state index in [2.05, 4.69) is 22.3 Å². The molecule has 6 heteroatoms. The SMILES string of the molecule is O=C(Nc1cccc([N+](=O)[O-])c1)C1CCN(c2ccccc2)CC1. The summed E-state index contributed by atoms with van der Waals surface area (Å²) in [4.78, 5) is 25.0. The standard InChI is InChI=1S/C18H19N3O3/c22-18(19-15-5-4-8-17(13-15)21(23)24)14-9-11-20(12-10-14)16-6-2-1-3-7-16/h1-8,13-14H,9-12H2,(H,19,22). The summed E-state index contributed by atoms with van der Waals surface area (Å²) >= 11 is 0. The molecule has 0 spiro atoms. The van der Waals surface area contributed by atoms with Crippen LogP contribution in [0.15, 0.2) is 54.6 Å². The average Bonchev–Trinajstić information content (AvgIpc) is 2.63. The summed E-state index contributed by atoms with van der Waals surface area (Å²) in [5.74, 6) is -0.132. The first-order chi connectivity index (χ1) is 11.6. The fourth-order valence-electron chi connectivity index (χ4n) is 2.98. The van der Waals surface area contributed by atoms with E-state index in [4.69, 9.17) is 0 Å². The molecule has 0 aromatic heterocycles. The number of nitrogens with zero attached hydrogens (tertiary/aromatic N) is 2. The van der Waals surface area contributed by atoms with Crippen LogP contribution >= 0.6 is 0 Å². The van der Waals surface area contributed by atoms with Crippen LogP contribution in [0, 0.1) is 16.0 Å². The van der Waals surface area contributed by atoms with Crippen LogP contribution in [0.4, 0.5) is 17.1 Å². The Labute approximate surface area is 140 Å². The number of hydrogen-bond acceptors (Lipinski definition) is 4. The Bertz CT molecular complexity index is 725. The van der Waals surface area contributed by atoms with Gasteiger partial charge in [0.15, 0.2) is 0 Å². The van der Waals surface area contributed by atoms with Gasteiger partial charge in [-0.15, -0.1) is 0 Å². The van der Waals surface area contributed by atoms with Gasteiger partial charge in [-0.3, -0.25) is 14.9 Å². The summed E-state index contributed by atoms with van der Waals surface area (Å²) in [5.41, 5.74) is 1.63. The number of carbonyl (C=O) groups excluding carboxylic acids is 1. The van der Waals surface area contributed by atoms with Gasteiger partial charge in [-0.2, -0.15) is 0 Å². The fraction of sp³-hybridized carbons (Fsp3) is 0.278. The van der Waals surface area contributed by atoms with Crippen LogP contribution in [0.5, 0.6) is 0 Å². The lowest BCUT2D eigenvalue weighted by Gasteiger charge is -2.33. The molecule has 1 fully saturated rings. The number of nitro groups is 1. The highest BCUT2D eigenvalue weighted by atomic mass is 16.6. The molecule has 6 nitrogen and oxygen atoms in total. The van der Waals surface area contributed by atoms with Crippen LogP contribution in [-0.4, -0.2) is 23.9 Å². The Morgan fingerprint density at radius 2 is 1.79 bits per heavy atom. The van der Waals surface area contributed by atoms with Gasteiger partial charge in [-0.1, -0.05) is 24.3 Å². The molecule has 1 saturated heterocycles. The summed E-state index contributed by atoms with van der Waals surface area (Å²) in [7, 11) is 0. The van der Waals surface area contributed by atoms with E-state index in [9.17, 15) is 14.9 Å². The third-order valence-corrected chi connectivity index (χ3v) is 4.31. The number of para-hydroxylation sites is 1. The van der Waals surface area contributed by atoms with Crippen LogP contribution in [0.2, 0.25) is 0 Å². The van der Waals surface area contributed by atoms with E-state index in [-0.39, 0.29) is 17.5 Å². The maximum Gasteiger partial charge on any atom is 0.271 e. The smallest absolute Gasteiger partial charge is 0.271 e. The minimum absolute atomic E-state index is 0.0216. The molecular formula is C18H19N3O3. The van der Waals surface area contributed by atoms with Crippen LogP contribution < -0.4 is 10.2 Å². The lowest BCUT2D eigenvalue weighted by atomic mass is 9.95. The van der Waals surface area contributed by atoms with Gasteiger partial charge in [0, 0.05) is 42.5 Å². The molecule has 2 aromatic carbocycles. The average molecular weight is 325 g/mol. The summed E-state index contributed by atoms with van der Waals surface area (Å²) in [6, 6.07) is 16.2. The van der Waals surface area contributed by atoms with Crippen molar-refractivity contribution in [2.24, 2.45) is 5.92 Å². The molecule has 0 aliphatic carbocycles. The van der Waals surface area contributed by atoms with E-state index < -0.39 is 4.92 Å². The normalized spacial score (nSPS) is 15.1. The lowest BCUT2D eigenvalue weighted by Crippen LogP contribution is -2.38. The second-order valence-electron chi connectivity index (χ2n) is 5.89. The van der Waals surface area contributed by atoms with Gasteiger partial charge >= 0.3 is 0 Å². The second kappa shape index (κ2) is 7.12. The largest absolute Gasteiger partial charge is 0.371 e. The number of anilines is 2. The summed E-state index contributed by atoms with van der Waals surface area (Å²) in [5, 5.41) is 13.6. The molecule has 0 radical (unpaired) electrons. The number of nitrogens with one attached hydrogen (secondary N) is 1. The number of carbonyl (C=O) groups is 1. The van der Waals surface area contributed by atoms with Crippen molar-refractivity contribution in [1.82, 2.24) is 0 Å².